The first-order valence-electron chi connectivity index (χ1n) is 4.22. The Hall–Kier alpha value is -1.38. The molecule has 13 heavy (non-hydrogen) atoms. The predicted molar refractivity (Wildman–Crippen MR) is 51.9 cm³/mol. The molecule has 1 aromatic carbocycles. The first-order valence-corrected chi connectivity index (χ1v) is 4.22. The van der Waals surface area contributed by atoms with Crippen LogP contribution in [0.5, 0.6) is 11.5 Å². The zero-order valence-electron chi connectivity index (χ0n) is 8.20. The van der Waals surface area contributed by atoms with Gasteiger partial charge in [0.15, 0.2) is 11.5 Å². The van der Waals surface area contributed by atoms with Crippen molar-refractivity contribution in [3.63, 3.8) is 0 Å². The van der Waals surface area contributed by atoms with Crippen LogP contribution in [0.25, 0.3) is 0 Å². The van der Waals surface area contributed by atoms with E-state index in [0.29, 0.717) is 5.75 Å². The molecule has 3 heteroatoms. The van der Waals surface area contributed by atoms with Crippen LogP contribution in [0.4, 0.5) is 5.69 Å². The first-order chi connectivity index (χ1) is 6.33. The Morgan fingerprint density at radius 3 is 2.54 bits per heavy atom. The number of para-hydroxylation sites is 1. The van der Waals surface area contributed by atoms with Gasteiger partial charge in [0, 0.05) is 6.54 Å². The van der Waals surface area contributed by atoms with Crippen LogP contribution < -0.4 is 14.8 Å². The van der Waals surface area contributed by atoms with Crippen LogP contribution >= 0.6 is 0 Å². The van der Waals surface area contributed by atoms with Gasteiger partial charge in [-0.25, -0.2) is 0 Å². The normalized spacial score (nSPS) is 9.46. The minimum atomic E-state index is 0.701. The van der Waals surface area contributed by atoms with Crippen molar-refractivity contribution in [1.82, 2.24) is 5.32 Å². The molecule has 0 aliphatic rings. The number of ether oxygens (including phenoxy) is 2. The summed E-state index contributed by atoms with van der Waals surface area (Å²) in [7, 11) is 3.24. The molecule has 0 saturated carbocycles. The molecule has 0 heterocycles. The van der Waals surface area contributed by atoms with Crippen molar-refractivity contribution in [1.29, 1.82) is 0 Å². The first kappa shape index (κ1) is 9.71. The highest BCUT2D eigenvalue weighted by molar-refractivity contribution is 5.58. The zero-order chi connectivity index (χ0) is 9.68. The molecule has 71 valence electrons. The van der Waals surface area contributed by atoms with Gasteiger partial charge in [0.25, 0.3) is 0 Å². The number of hydrogen-bond donors (Lipinski definition) is 0. The maximum atomic E-state index is 5.20. The lowest BCUT2D eigenvalue weighted by Crippen LogP contribution is -1.99. The summed E-state index contributed by atoms with van der Waals surface area (Å²) >= 11 is 0. The molecule has 0 fully saturated rings. The van der Waals surface area contributed by atoms with Gasteiger partial charge in [0.2, 0.25) is 0 Å². The topological polar surface area (TPSA) is 32.6 Å². The van der Waals surface area contributed by atoms with Crippen LogP contribution in [0.15, 0.2) is 18.2 Å². The van der Waals surface area contributed by atoms with E-state index in [2.05, 4.69) is 5.32 Å². The summed E-state index contributed by atoms with van der Waals surface area (Å²) in [5.74, 6) is 1.42. The lowest BCUT2D eigenvalue weighted by atomic mass is 10.2. The van der Waals surface area contributed by atoms with Crippen molar-refractivity contribution >= 4 is 5.69 Å². The number of hydrogen-bond acceptors (Lipinski definition) is 2. The number of benzene rings is 1. The van der Waals surface area contributed by atoms with Gasteiger partial charge in [-0.1, -0.05) is 6.07 Å². The van der Waals surface area contributed by atoms with Crippen LogP contribution in [0.2, 0.25) is 0 Å². The summed E-state index contributed by atoms with van der Waals surface area (Å²) in [5, 5.41) is 4.28. The van der Waals surface area contributed by atoms with Crippen LogP contribution in [0, 0.1) is 0 Å². The second kappa shape index (κ2) is 4.60. The molecule has 0 bridgehead atoms. The molecule has 0 atom stereocenters. The Bertz CT molecular complexity index is 274. The van der Waals surface area contributed by atoms with Gasteiger partial charge in [-0.3, -0.25) is 5.32 Å². The minimum Gasteiger partial charge on any atom is -0.493 e. The quantitative estimate of drug-likeness (QED) is 0.709. The third-order valence-electron chi connectivity index (χ3n) is 1.71. The fraction of sp³-hybridized carbons (Fsp3) is 0.400. The molecule has 0 aromatic heterocycles. The van der Waals surface area contributed by atoms with Crippen LogP contribution in [0.1, 0.15) is 6.92 Å². The Balaban J connectivity index is 3.03. The summed E-state index contributed by atoms with van der Waals surface area (Å²) in [4.78, 5) is 0. The van der Waals surface area contributed by atoms with Crippen molar-refractivity contribution < 1.29 is 9.47 Å². The standard InChI is InChI=1S/C10H14NO2/c1-4-11-8-6-5-7-9(12-2)10(8)13-3/h5-7H,4H2,1-3H3. The molecular weight excluding hydrogens is 166 g/mol. The second-order valence-electron chi connectivity index (χ2n) is 2.49. The highest BCUT2D eigenvalue weighted by atomic mass is 16.5. The second-order valence-corrected chi connectivity index (χ2v) is 2.49. The van der Waals surface area contributed by atoms with E-state index in [0.717, 1.165) is 18.0 Å². The third kappa shape index (κ3) is 2.05. The maximum absolute atomic E-state index is 5.20. The molecule has 1 radical (unpaired) electrons. The Kier molecular flexibility index (Phi) is 3.43. The van der Waals surface area contributed by atoms with Crippen LogP contribution in [0.3, 0.4) is 0 Å². The van der Waals surface area contributed by atoms with Gasteiger partial charge >= 0.3 is 0 Å². The van der Waals surface area contributed by atoms with Gasteiger partial charge in [0.05, 0.1) is 14.2 Å². The van der Waals surface area contributed by atoms with E-state index in [9.17, 15) is 0 Å². The summed E-state index contributed by atoms with van der Waals surface area (Å²) in [6.45, 7) is 2.72. The van der Waals surface area contributed by atoms with E-state index < -0.39 is 0 Å². The van der Waals surface area contributed by atoms with E-state index >= 15 is 0 Å². The molecule has 0 N–H and O–H groups in total. The van der Waals surface area contributed by atoms with E-state index in [1.807, 2.05) is 25.1 Å². The molecule has 0 aliphatic carbocycles. The van der Waals surface area contributed by atoms with Crippen LogP contribution in [-0.4, -0.2) is 20.8 Å². The predicted octanol–water partition coefficient (Wildman–Crippen LogP) is 1.96. The van der Waals surface area contributed by atoms with E-state index in [1.165, 1.54) is 0 Å². The summed E-state index contributed by atoms with van der Waals surface area (Å²) in [6.07, 6.45) is 0. The van der Waals surface area contributed by atoms with Gasteiger partial charge in [-0.15, -0.1) is 0 Å². The average molecular weight is 180 g/mol. The summed E-state index contributed by atoms with van der Waals surface area (Å²) in [6, 6.07) is 5.66. The molecule has 0 spiro atoms. The van der Waals surface area contributed by atoms with Crippen molar-refractivity contribution in [2.75, 3.05) is 20.8 Å². The highest BCUT2D eigenvalue weighted by Gasteiger charge is 2.08. The van der Waals surface area contributed by atoms with Gasteiger partial charge in [0.1, 0.15) is 5.69 Å². The lowest BCUT2D eigenvalue weighted by molar-refractivity contribution is 0.354. The molecule has 0 amide bonds. The molecule has 1 aromatic rings. The van der Waals surface area contributed by atoms with Gasteiger partial charge in [-0.05, 0) is 19.1 Å². The number of rotatable bonds is 4. The Morgan fingerprint density at radius 1 is 1.23 bits per heavy atom. The largest absolute Gasteiger partial charge is 0.493 e. The van der Waals surface area contributed by atoms with Gasteiger partial charge < -0.3 is 9.47 Å². The fourth-order valence-electron chi connectivity index (χ4n) is 1.17. The number of nitrogens with zero attached hydrogens (tertiary/aromatic N) is 1. The van der Waals surface area contributed by atoms with Gasteiger partial charge in [-0.2, -0.15) is 0 Å². The summed E-state index contributed by atoms with van der Waals surface area (Å²) in [5.41, 5.74) is 0.837. The Morgan fingerprint density at radius 2 is 2.00 bits per heavy atom. The van der Waals surface area contributed by atoms with Crippen molar-refractivity contribution in [3.8, 4) is 11.5 Å². The van der Waals surface area contributed by atoms with Crippen molar-refractivity contribution in [2.24, 2.45) is 0 Å². The zero-order valence-corrected chi connectivity index (χ0v) is 8.20. The SMILES string of the molecule is CC[N]c1cccc(OC)c1OC. The highest BCUT2D eigenvalue weighted by Crippen LogP contribution is 2.34. The molecule has 0 aliphatic heterocycles. The summed E-state index contributed by atoms with van der Waals surface area (Å²) < 4.78 is 10.3. The number of methoxy groups -OCH3 is 2. The third-order valence-corrected chi connectivity index (χ3v) is 1.71. The van der Waals surface area contributed by atoms with Crippen molar-refractivity contribution in [2.45, 2.75) is 6.92 Å². The monoisotopic (exact) mass is 180 g/mol. The van der Waals surface area contributed by atoms with Crippen LogP contribution in [-0.2, 0) is 0 Å². The maximum Gasteiger partial charge on any atom is 0.186 e. The average Bonchev–Trinajstić information content (AvgIpc) is 2.18. The molecule has 0 saturated heterocycles. The lowest BCUT2D eigenvalue weighted by Gasteiger charge is -2.11. The van der Waals surface area contributed by atoms with E-state index in [4.69, 9.17) is 9.47 Å². The molecule has 3 nitrogen and oxygen atoms in total. The Labute approximate surface area is 78.7 Å². The fourth-order valence-corrected chi connectivity index (χ4v) is 1.17. The minimum absolute atomic E-state index is 0.701. The van der Waals surface area contributed by atoms with Crippen molar-refractivity contribution in [3.05, 3.63) is 18.2 Å². The van der Waals surface area contributed by atoms with E-state index in [-0.39, 0.29) is 0 Å². The molecule has 1 rings (SSSR count). The molecule has 0 unspecified atom stereocenters. The smallest absolute Gasteiger partial charge is 0.186 e. The molecular formula is C10H14NO2. The van der Waals surface area contributed by atoms with E-state index in [1.54, 1.807) is 14.2 Å².